The van der Waals surface area contributed by atoms with Crippen LogP contribution < -0.4 is 0 Å². The Bertz CT molecular complexity index is 250. The van der Waals surface area contributed by atoms with Gasteiger partial charge in [-0.15, -0.1) is 0 Å². The topological polar surface area (TPSA) is 66.8 Å². The quantitative estimate of drug-likeness (QED) is 0.733. The molecule has 0 spiro atoms. The highest BCUT2D eigenvalue weighted by molar-refractivity contribution is 7.46. The summed E-state index contributed by atoms with van der Waals surface area (Å²) in [5.74, 6) is 0. The normalized spacial score (nSPS) is 22.8. The molecule has 5 heteroatoms. The van der Waals surface area contributed by atoms with Crippen LogP contribution in [0.4, 0.5) is 0 Å². The Morgan fingerprint density at radius 3 is 1.32 bits per heavy atom. The Hall–Kier alpha value is 0.110. The van der Waals surface area contributed by atoms with Crippen LogP contribution in [-0.2, 0) is 9.09 Å². The van der Waals surface area contributed by atoms with Crippen molar-refractivity contribution < 1.29 is 18.9 Å². The summed E-state index contributed by atoms with van der Waals surface area (Å²) in [6, 6.07) is 0. The highest BCUT2D eigenvalue weighted by atomic mass is 31.2. The Labute approximate surface area is 117 Å². The van der Waals surface area contributed by atoms with E-state index in [0.717, 1.165) is 38.5 Å². The first-order valence-electron chi connectivity index (χ1n) is 7.82. The van der Waals surface area contributed by atoms with Crippen molar-refractivity contribution in [2.75, 3.05) is 0 Å². The summed E-state index contributed by atoms with van der Waals surface area (Å²) in [4.78, 5) is 17.9. The molecule has 4 nitrogen and oxygen atoms in total. The maximum Gasteiger partial charge on any atom is 0.469 e. The predicted molar refractivity (Wildman–Crippen MR) is 76.9 cm³/mol. The lowest BCUT2D eigenvalue weighted by Gasteiger charge is -2.18. The van der Waals surface area contributed by atoms with Crippen LogP contribution >= 0.6 is 7.82 Å². The standard InChI is InChI=1S/C14H29O4P/c15-19(16,17)18-14-12-10-8-6-4-2-1-3-5-7-9-11-13-14/h14H,1-13H2,(H2,15,16,17). The molecule has 1 aliphatic rings. The van der Waals surface area contributed by atoms with Crippen molar-refractivity contribution in [2.45, 2.75) is 89.6 Å². The van der Waals surface area contributed by atoms with E-state index < -0.39 is 7.82 Å². The van der Waals surface area contributed by atoms with Gasteiger partial charge in [-0.05, 0) is 12.8 Å². The minimum absolute atomic E-state index is 0.260. The smallest absolute Gasteiger partial charge is 0.303 e. The fraction of sp³-hybridized carbons (Fsp3) is 1.00. The number of rotatable bonds is 2. The maximum atomic E-state index is 10.9. The van der Waals surface area contributed by atoms with Crippen molar-refractivity contribution in [2.24, 2.45) is 0 Å². The molecular weight excluding hydrogens is 263 g/mol. The van der Waals surface area contributed by atoms with Gasteiger partial charge >= 0.3 is 7.82 Å². The van der Waals surface area contributed by atoms with Gasteiger partial charge in [0, 0.05) is 0 Å². The Balaban J connectivity index is 2.34. The first kappa shape index (κ1) is 17.2. The van der Waals surface area contributed by atoms with Gasteiger partial charge < -0.3 is 9.79 Å². The minimum atomic E-state index is -4.33. The second-order valence-corrected chi connectivity index (χ2v) is 6.88. The third-order valence-corrected chi connectivity index (χ3v) is 4.41. The molecule has 0 aliphatic heterocycles. The van der Waals surface area contributed by atoms with Crippen LogP contribution in [0, 0.1) is 0 Å². The van der Waals surface area contributed by atoms with E-state index >= 15 is 0 Å². The molecule has 0 heterocycles. The van der Waals surface area contributed by atoms with E-state index in [1.807, 2.05) is 0 Å². The number of hydrogen-bond acceptors (Lipinski definition) is 2. The molecule has 1 saturated carbocycles. The zero-order valence-electron chi connectivity index (χ0n) is 11.9. The molecule has 1 rings (SSSR count). The molecule has 0 unspecified atom stereocenters. The second-order valence-electron chi connectivity index (χ2n) is 5.68. The molecule has 0 bridgehead atoms. The van der Waals surface area contributed by atoms with Gasteiger partial charge in [-0.25, -0.2) is 4.57 Å². The van der Waals surface area contributed by atoms with Crippen molar-refractivity contribution in [1.29, 1.82) is 0 Å². The van der Waals surface area contributed by atoms with Crippen LogP contribution in [0.2, 0.25) is 0 Å². The zero-order chi connectivity index (χ0) is 14.0. The fourth-order valence-corrected chi connectivity index (χ4v) is 3.38. The molecule has 0 amide bonds. The highest BCUT2D eigenvalue weighted by Gasteiger charge is 2.21. The Morgan fingerprint density at radius 2 is 1.00 bits per heavy atom. The van der Waals surface area contributed by atoms with Crippen LogP contribution in [0.25, 0.3) is 0 Å². The van der Waals surface area contributed by atoms with Gasteiger partial charge in [0.05, 0.1) is 6.10 Å². The molecule has 0 atom stereocenters. The lowest BCUT2D eigenvalue weighted by molar-refractivity contribution is 0.115. The summed E-state index contributed by atoms with van der Waals surface area (Å²) in [7, 11) is -4.33. The number of hydrogen-bond donors (Lipinski definition) is 2. The maximum absolute atomic E-state index is 10.9. The van der Waals surface area contributed by atoms with Gasteiger partial charge in [0.2, 0.25) is 0 Å². The van der Waals surface area contributed by atoms with Gasteiger partial charge in [-0.3, -0.25) is 4.52 Å². The highest BCUT2D eigenvalue weighted by Crippen LogP contribution is 2.39. The van der Waals surface area contributed by atoms with Crippen LogP contribution in [0.1, 0.15) is 83.5 Å². The summed E-state index contributed by atoms with van der Waals surface area (Å²) in [5.41, 5.74) is 0. The number of phosphoric acid groups is 1. The summed E-state index contributed by atoms with van der Waals surface area (Å²) >= 11 is 0. The Morgan fingerprint density at radius 1 is 0.684 bits per heavy atom. The van der Waals surface area contributed by atoms with Gasteiger partial charge in [0.15, 0.2) is 0 Å². The van der Waals surface area contributed by atoms with E-state index in [-0.39, 0.29) is 6.10 Å². The van der Waals surface area contributed by atoms with E-state index in [1.165, 1.54) is 44.9 Å². The van der Waals surface area contributed by atoms with E-state index in [4.69, 9.17) is 14.3 Å². The van der Waals surface area contributed by atoms with E-state index in [1.54, 1.807) is 0 Å². The largest absolute Gasteiger partial charge is 0.469 e. The van der Waals surface area contributed by atoms with E-state index in [0.29, 0.717) is 0 Å². The van der Waals surface area contributed by atoms with Crippen LogP contribution in [-0.4, -0.2) is 15.9 Å². The first-order chi connectivity index (χ1) is 9.08. The number of phosphoric ester groups is 1. The minimum Gasteiger partial charge on any atom is -0.303 e. The first-order valence-corrected chi connectivity index (χ1v) is 9.35. The molecule has 0 aromatic carbocycles. The molecule has 0 radical (unpaired) electrons. The van der Waals surface area contributed by atoms with Crippen molar-refractivity contribution in [3.8, 4) is 0 Å². The third kappa shape index (κ3) is 10.5. The molecule has 19 heavy (non-hydrogen) atoms. The molecule has 1 fully saturated rings. The second kappa shape index (κ2) is 9.93. The van der Waals surface area contributed by atoms with Crippen molar-refractivity contribution in [3.63, 3.8) is 0 Å². The van der Waals surface area contributed by atoms with E-state index in [9.17, 15) is 4.57 Å². The van der Waals surface area contributed by atoms with Gasteiger partial charge in [0.25, 0.3) is 0 Å². The van der Waals surface area contributed by atoms with Crippen LogP contribution in [0.5, 0.6) is 0 Å². The Kier molecular flexibility index (Phi) is 8.97. The molecule has 1 aliphatic carbocycles. The van der Waals surface area contributed by atoms with Gasteiger partial charge in [-0.1, -0.05) is 70.6 Å². The molecule has 0 aromatic heterocycles. The molecule has 0 saturated heterocycles. The average molecular weight is 292 g/mol. The van der Waals surface area contributed by atoms with Crippen LogP contribution in [0.15, 0.2) is 0 Å². The molecular formula is C14H29O4P. The summed E-state index contributed by atoms with van der Waals surface area (Å²) < 4.78 is 15.9. The van der Waals surface area contributed by atoms with Crippen molar-refractivity contribution in [1.82, 2.24) is 0 Å². The summed E-state index contributed by atoms with van der Waals surface area (Å²) in [6.45, 7) is 0. The van der Waals surface area contributed by atoms with E-state index in [2.05, 4.69) is 0 Å². The zero-order valence-corrected chi connectivity index (χ0v) is 12.8. The average Bonchev–Trinajstić information content (AvgIpc) is 2.32. The third-order valence-electron chi connectivity index (χ3n) is 3.84. The molecule has 0 aromatic rings. The van der Waals surface area contributed by atoms with Crippen molar-refractivity contribution >= 4 is 7.82 Å². The fourth-order valence-electron chi connectivity index (χ4n) is 2.78. The van der Waals surface area contributed by atoms with Gasteiger partial charge in [-0.2, -0.15) is 0 Å². The molecule has 2 N–H and O–H groups in total. The van der Waals surface area contributed by atoms with Gasteiger partial charge in [0.1, 0.15) is 0 Å². The molecule has 114 valence electrons. The lowest BCUT2D eigenvalue weighted by atomic mass is 10.00. The lowest BCUT2D eigenvalue weighted by Crippen LogP contribution is -2.11. The summed E-state index contributed by atoms with van der Waals surface area (Å²) in [6.07, 6.45) is 14.8. The SMILES string of the molecule is O=P(O)(O)OC1CCCCCCCCCCCCC1. The monoisotopic (exact) mass is 292 g/mol. The van der Waals surface area contributed by atoms with Crippen molar-refractivity contribution in [3.05, 3.63) is 0 Å². The van der Waals surface area contributed by atoms with Crippen LogP contribution in [0.3, 0.4) is 0 Å². The predicted octanol–water partition coefficient (Wildman–Crippen LogP) is 4.55. The summed E-state index contributed by atoms with van der Waals surface area (Å²) in [5, 5.41) is 0.